The molecule has 9 heteroatoms. The van der Waals surface area contributed by atoms with E-state index in [1.807, 2.05) is 6.92 Å². The van der Waals surface area contributed by atoms with Crippen molar-refractivity contribution in [1.82, 2.24) is 19.9 Å². The minimum Gasteiger partial charge on any atom is -0.368 e. The summed E-state index contributed by atoms with van der Waals surface area (Å²) in [6.45, 7) is 2.79. The second kappa shape index (κ2) is 6.34. The second-order valence-corrected chi connectivity index (χ2v) is 5.13. The monoisotopic (exact) mass is 336 g/mol. The van der Waals surface area contributed by atoms with E-state index in [0.29, 0.717) is 28.6 Å². The molecule has 24 heavy (non-hydrogen) atoms. The number of aromatic amines is 1. The molecule has 126 valence electrons. The Morgan fingerprint density at radius 3 is 2.54 bits per heavy atom. The smallest absolute Gasteiger partial charge is 0.368 e. The molecule has 0 radical (unpaired) electrons. The summed E-state index contributed by atoms with van der Waals surface area (Å²) in [6.07, 6.45) is -2.01. The second-order valence-electron chi connectivity index (χ2n) is 5.13. The van der Waals surface area contributed by atoms with Crippen molar-refractivity contribution in [1.29, 1.82) is 0 Å². The van der Waals surface area contributed by atoms with Gasteiger partial charge in [0.2, 0.25) is 5.95 Å². The standard InChI is InChI=1S/C15H15F3N6/c1-2-7-19-12-11-13(21-8-20-12)24-14(23-11)22-10-5-3-9(4-6-10)15(16,17)18/h3-6,8H,2,7H2,1H3,(H3,19,20,21,22,23,24). The van der Waals surface area contributed by atoms with E-state index < -0.39 is 11.7 Å². The molecule has 0 spiro atoms. The molecule has 0 bridgehead atoms. The van der Waals surface area contributed by atoms with Crippen LogP contribution in [0.5, 0.6) is 0 Å². The van der Waals surface area contributed by atoms with E-state index in [-0.39, 0.29) is 0 Å². The highest BCUT2D eigenvalue weighted by Crippen LogP contribution is 2.30. The Kier molecular flexibility index (Phi) is 4.24. The first-order valence-electron chi connectivity index (χ1n) is 7.36. The summed E-state index contributed by atoms with van der Waals surface area (Å²) >= 11 is 0. The van der Waals surface area contributed by atoms with Gasteiger partial charge < -0.3 is 15.6 Å². The molecule has 2 aromatic heterocycles. The molecule has 0 amide bonds. The maximum atomic E-state index is 12.6. The summed E-state index contributed by atoms with van der Waals surface area (Å²) in [4.78, 5) is 15.5. The summed E-state index contributed by atoms with van der Waals surface area (Å²) in [5.41, 5.74) is 0.894. The largest absolute Gasteiger partial charge is 0.416 e. The van der Waals surface area contributed by atoms with Gasteiger partial charge in [0.25, 0.3) is 0 Å². The molecular formula is C15H15F3N6. The number of nitrogens with zero attached hydrogens (tertiary/aromatic N) is 3. The summed E-state index contributed by atoms with van der Waals surface area (Å²) < 4.78 is 37.7. The molecule has 0 aliphatic carbocycles. The van der Waals surface area contributed by atoms with E-state index in [2.05, 4.69) is 30.6 Å². The predicted molar refractivity (Wildman–Crippen MR) is 85.2 cm³/mol. The van der Waals surface area contributed by atoms with E-state index in [9.17, 15) is 13.2 Å². The van der Waals surface area contributed by atoms with Crippen LogP contribution >= 0.6 is 0 Å². The topological polar surface area (TPSA) is 78.5 Å². The fourth-order valence-corrected chi connectivity index (χ4v) is 2.14. The van der Waals surface area contributed by atoms with E-state index >= 15 is 0 Å². The zero-order valence-corrected chi connectivity index (χ0v) is 12.8. The number of benzene rings is 1. The Balaban J connectivity index is 1.82. The summed E-state index contributed by atoms with van der Waals surface area (Å²) in [7, 11) is 0. The van der Waals surface area contributed by atoms with Crippen LogP contribution in [-0.2, 0) is 6.18 Å². The average molecular weight is 336 g/mol. The third kappa shape index (κ3) is 3.39. The molecule has 1 aromatic carbocycles. The van der Waals surface area contributed by atoms with Crippen LogP contribution in [0.25, 0.3) is 11.2 Å². The maximum absolute atomic E-state index is 12.6. The molecule has 0 saturated heterocycles. The van der Waals surface area contributed by atoms with Gasteiger partial charge in [-0.05, 0) is 30.7 Å². The van der Waals surface area contributed by atoms with Crippen LogP contribution < -0.4 is 10.6 Å². The van der Waals surface area contributed by atoms with Crippen LogP contribution in [0, 0.1) is 0 Å². The Bertz CT molecular complexity index is 825. The molecule has 3 N–H and O–H groups in total. The molecular weight excluding hydrogens is 321 g/mol. The number of anilines is 3. The zero-order chi connectivity index (χ0) is 17.2. The van der Waals surface area contributed by atoms with Crippen LogP contribution in [0.4, 0.5) is 30.6 Å². The molecule has 6 nitrogen and oxygen atoms in total. The molecule has 3 aromatic rings. The van der Waals surface area contributed by atoms with E-state index in [4.69, 9.17) is 0 Å². The lowest BCUT2D eigenvalue weighted by molar-refractivity contribution is -0.137. The van der Waals surface area contributed by atoms with Crippen LogP contribution in [0.3, 0.4) is 0 Å². The van der Waals surface area contributed by atoms with Crippen molar-refractivity contribution in [3.8, 4) is 0 Å². The molecule has 0 aliphatic heterocycles. The lowest BCUT2D eigenvalue weighted by atomic mass is 10.2. The van der Waals surface area contributed by atoms with Gasteiger partial charge in [0.1, 0.15) is 11.8 Å². The van der Waals surface area contributed by atoms with Crippen LogP contribution in [0.1, 0.15) is 18.9 Å². The SMILES string of the molecule is CCCNc1ncnc2nc(Nc3ccc(C(F)(F)F)cc3)[nH]c12. The van der Waals surface area contributed by atoms with Gasteiger partial charge in [0, 0.05) is 12.2 Å². The highest BCUT2D eigenvalue weighted by molar-refractivity contribution is 5.84. The normalized spacial score (nSPS) is 11.7. The molecule has 0 fully saturated rings. The number of nitrogens with one attached hydrogen (secondary N) is 3. The fraction of sp³-hybridized carbons (Fsp3) is 0.267. The van der Waals surface area contributed by atoms with E-state index in [1.165, 1.54) is 18.5 Å². The Labute approximate surface area is 135 Å². The van der Waals surface area contributed by atoms with Gasteiger partial charge in [-0.15, -0.1) is 0 Å². The average Bonchev–Trinajstić information content (AvgIpc) is 2.95. The molecule has 0 unspecified atom stereocenters. The minimum absolute atomic E-state index is 0.379. The van der Waals surface area contributed by atoms with Crippen molar-refractivity contribution >= 4 is 28.6 Å². The van der Waals surface area contributed by atoms with Crippen molar-refractivity contribution in [2.75, 3.05) is 17.2 Å². The van der Waals surface area contributed by atoms with Crippen LogP contribution in [-0.4, -0.2) is 26.5 Å². The van der Waals surface area contributed by atoms with Crippen molar-refractivity contribution in [2.45, 2.75) is 19.5 Å². The number of hydrogen-bond acceptors (Lipinski definition) is 5. The Hall–Kier alpha value is -2.84. The minimum atomic E-state index is -4.35. The van der Waals surface area contributed by atoms with Crippen LogP contribution in [0.15, 0.2) is 30.6 Å². The summed E-state index contributed by atoms with van der Waals surface area (Å²) in [6, 6.07) is 4.72. The number of alkyl halides is 3. The summed E-state index contributed by atoms with van der Waals surface area (Å²) in [5.74, 6) is 1.01. The first-order chi connectivity index (χ1) is 11.5. The first kappa shape index (κ1) is 16.0. The highest BCUT2D eigenvalue weighted by atomic mass is 19.4. The van der Waals surface area contributed by atoms with E-state index in [0.717, 1.165) is 25.1 Å². The molecule has 3 rings (SSSR count). The van der Waals surface area contributed by atoms with Gasteiger partial charge in [-0.1, -0.05) is 6.92 Å². The maximum Gasteiger partial charge on any atom is 0.416 e. The first-order valence-corrected chi connectivity index (χ1v) is 7.36. The third-order valence-corrected chi connectivity index (χ3v) is 3.31. The molecule has 0 aliphatic rings. The number of rotatable bonds is 5. The van der Waals surface area contributed by atoms with Gasteiger partial charge in [-0.3, -0.25) is 0 Å². The number of aromatic nitrogens is 4. The lowest BCUT2D eigenvalue weighted by Gasteiger charge is -2.07. The van der Waals surface area contributed by atoms with Gasteiger partial charge in [-0.25, -0.2) is 9.97 Å². The molecule has 0 atom stereocenters. The Morgan fingerprint density at radius 1 is 1.12 bits per heavy atom. The zero-order valence-electron chi connectivity index (χ0n) is 12.8. The number of fused-ring (bicyclic) bond motifs is 1. The fourth-order valence-electron chi connectivity index (χ4n) is 2.14. The number of hydrogen-bond donors (Lipinski definition) is 3. The highest BCUT2D eigenvalue weighted by Gasteiger charge is 2.29. The number of imidazole rings is 1. The van der Waals surface area contributed by atoms with Gasteiger partial charge in [0.15, 0.2) is 11.5 Å². The summed E-state index contributed by atoms with van der Waals surface area (Å²) in [5, 5.41) is 6.09. The van der Waals surface area contributed by atoms with Gasteiger partial charge in [-0.2, -0.15) is 18.2 Å². The quantitative estimate of drug-likeness (QED) is 0.658. The van der Waals surface area contributed by atoms with Crippen molar-refractivity contribution in [2.24, 2.45) is 0 Å². The van der Waals surface area contributed by atoms with Crippen molar-refractivity contribution in [3.05, 3.63) is 36.2 Å². The van der Waals surface area contributed by atoms with Gasteiger partial charge >= 0.3 is 6.18 Å². The number of halogens is 3. The van der Waals surface area contributed by atoms with Crippen molar-refractivity contribution in [3.63, 3.8) is 0 Å². The molecule has 2 heterocycles. The predicted octanol–water partition coefficient (Wildman–Crippen LogP) is 3.94. The van der Waals surface area contributed by atoms with E-state index in [1.54, 1.807) is 0 Å². The number of H-pyrrole nitrogens is 1. The van der Waals surface area contributed by atoms with Crippen molar-refractivity contribution < 1.29 is 13.2 Å². The van der Waals surface area contributed by atoms with Gasteiger partial charge in [0.05, 0.1) is 5.56 Å². The van der Waals surface area contributed by atoms with Crippen LogP contribution in [0.2, 0.25) is 0 Å². The molecule has 0 saturated carbocycles. The third-order valence-electron chi connectivity index (χ3n) is 3.31. The lowest BCUT2D eigenvalue weighted by Crippen LogP contribution is -2.04. The Morgan fingerprint density at radius 2 is 1.88 bits per heavy atom.